The van der Waals surface area contributed by atoms with Gasteiger partial charge in [0.2, 0.25) is 0 Å². The molecule has 1 N–H and O–H groups in total. The van der Waals surface area contributed by atoms with Crippen molar-refractivity contribution in [1.82, 2.24) is 5.32 Å². The molecule has 1 aliphatic rings. The molecule has 0 unspecified atom stereocenters. The predicted octanol–water partition coefficient (Wildman–Crippen LogP) is 3.07. The number of hydrogen-bond acceptors (Lipinski definition) is 2. The Hall–Kier alpha value is -1.85. The van der Waals surface area contributed by atoms with E-state index in [9.17, 15) is 13.4 Å². The van der Waals surface area contributed by atoms with Gasteiger partial charge in [-0.2, -0.15) is 0 Å². The maximum absolute atomic E-state index is 12.3. The molecule has 1 aliphatic carbocycles. The van der Waals surface area contributed by atoms with E-state index in [1.54, 1.807) is 0 Å². The largest absolute Gasteiger partial charge is 0.796 e. The molecule has 6 heteroatoms. The van der Waals surface area contributed by atoms with E-state index in [1.165, 1.54) is 0 Å². The summed E-state index contributed by atoms with van der Waals surface area (Å²) in [5.74, 6) is -0.180. The SMILES string of the molecule is O=C(NCc1ccccc1)C1=C(OB(F)F)CCCC1. The van der Waals surface area contributed by atoms with Crippen LogP contribution in [0.5, 0.6) is 0 Å². The molecule has 3 nitrogen and oxygen atoms in total. The fourth-order valence-electron chi connectivity index (χ4n) is 2.24. The summed E-state index contributed by atoms with van der Waals surface area (Å²) in [6.07, 6.45) is 2.49. The van der Waals surface area contributed by atoms with E-state index < -0.39 is 7.47 Å². The Morgan fingerprint density at radius 3 is 2.60 bits per heavy atom. The standard InChI is InChI=1S/C14H16BF2NO2/c16-15(17)20-13-9-5-4-8-12(13)14(19)18-10-11-6-2-1-3-7-11/h1-3,6-7H,4-5,8-10H2,(H,18,19). The van der Waals surface area contributed by atoms with E-state index >= 15 is 0 Å². The van der Waals surface area contributed by atoms with E-state index in [0.717, 1.165) is 18.4 Å². The molecule has 0 bridgehead atoms. The molecule has 2 rings (SSSR count). The van der Waals surface area contributed by atoms with E-state index in [0.29, 0.717) is 25.0 Å². The molecule has 20 heavy (non-hydrogen) atoms. The summed E-state index contributed by atoms with van der Waals surface area (Å²) in [5, 5.41) is 2.75. The Morgan fingerprint density at radius 2 is 1.90 bits per heavy atom. The summed E-state index contributed by atoms with van der Waals surface area (Å²) in [5.41, 5.74) is 1.32. The van der Waals surface area contributed by atoms with Crippen molar-refractivity contribution in [3.63, 3.8) is 0 Å². The zero-order valence-corrected chi connectivity index (χ0v) is 11.1. The average molecular weight is 279 g/mol. The quantitative estimate of drug-likeness (QED) is 0.841. The second-order valence-electron chi connectivity index (χ2n) is 4.66. The second-order valence-corrected chi connectivity index (χ2v) is 4.66. The van der Waals surface area contributed by atoms with Crippen LogP contribution in [0, 0.1) is 0 Å². The van der Waals surface area contributed by atoms with Gasteiger partial charge in [-0.15, -0.1) is 0 Å². The third-order valence-electron chi connectivity index (χ3n) is 3.22. The lowest BCUT2D eigenvalue weighted by Gasteiger charge is -2.19. The minimum Gasteiger partial charge on any atom is -0.508 e. The van der Waals surface area contributed by atoms with Crippen LogP contribution in [-0.2, 0) is 16.0 Å². The van der Waals surface area contributed by atoms with Crippen molar-refractivity contribution < 1.29 is 18.1 Å². The first-order chi connectivity index (χ1) is 9.66. The summed E-state index contributed by atoms with van der Waals surface area (Å²) in [6, 6.07) is 9.45. The van der Waals surface area contributed by atoms with Gasteiger partial charge in [0.05, 0.1) is 11.3 Å². The topological polar surface area (TPSA) is 38.3 Å². The van der Waals surface area contributed by atoms with Crippen molar-refractivity contribution in [1.29, 1.82) is 0 Å². The number of amides is 1. The highest BCUT2D eigenvalue weighted by molar-refractivity contribution is 6.34. The van der Waals surface area contributed by atoms with Crippen molar-refractivity contribution in [3.8, 4) is 0 Å². The fraction of sp³-hybridized carbons (Fsp3) is 0.357. The van der Waals surface area contributed by atoms with Crippen molar-refractivity contribution in [2.24, 2.45) is 0 Å². The summed E-state index contributed by atoms with van der Waals surface area (Å²) in [7, 11) is -2.87. The lowest BCUT2D eigenvalue weighted by atomic mass is 9.96. The summed E-state index contributed by atoms with van der Waals surface area (Å²) in [6.45, 7) is 0.380. The Labute approximate surface area is 117 Å². The average Bonchev–Trinajstić information content (AvgIpc) is 2.46. The van der Waals surface area contributed by atoms with Gasteiger partial charge in [-0.3, -0.25) is 4.79 Å². The highest BCUT2D eigenvalue weighted by atomic mass is 19.2. The van der Waals surface area contributed by atoms with Crippen LogP contribution in [0.2, 0.25) is 0 Å². The first-order valence-electron chi connectivity index (χ1n) is 6.66. The van der Waals surface area contributed by atoms with Gasteiger partial charge in [0, 0.05) is 13.0 Å². The molecular weight excluding hydrogens is 263 g/mol. The Kier molecular flexibility index (Phi) is 5.15. The maximum Gasteiger partial charge on any atom is 0.796 e. The molecule has 0 heterocycles. The smallest absolute Gasteiger partial charge is 0.508 e. The summed E-state index contributed by atoms with van der Waals surface area (Å²) < 4.78 is 29.1. The van der Waals surface area contributed by atoms with E-state index in [4.69, 9.17) is 0 Å². The van der Waals surface area contributed by atoms with Crippen LogP contribution < -0.4 is 5.32 Å². The molecule has 106 valence electrons. The third kappa shape index (κ3) is 4.08. The van der Waals surface area contributed by atoms with Crippen LogP contribution in [0.25, 0.3) is 0 Å². The highest BCUT2D eigenvalue weighted by Crippen LogP contribution is 2.26. The van der Waals surface area contributed by atoms with Gasteiger partial charge in [-0.25, -0.2) is 8.63 Å². The second kappa shape index (κ2) is 7.08. The van der Waals surface area contributed by atoms with Crippen LogP contribution in [0.1, 0.15) is 31.2 Å². The lowest BCUT2D eigenvalue weighted by molar-refractivity contribution is -0.118. The van der Waals surface area contributed by atoms with Gasteiger partial charge in [0.25, 0.3) is 5.91 Å². The van der Waals surface area contributed by atoms with Gasteiger partial charge in [0.1, 0.15) is 0 Å². The number of benzene rings is 1. The van der Waals surface area contributed by atoms with Crippen LogP contribution in [0.4, 0.5) is 8.63 Å². The Morgan fingerprint density at radius 1 is 1.20 bits per heavy atom. The van der Waals surface area contributed by atoms with Gasteiger partial charge < -0.3 is 9.97 Å². The van der Waals surface area contributed by atoms with E-state index in [2.05, 4.69) is 9.97 Å². The normalized spacial score (nSPS) is 14.9. The molecule has 0 saturated carbocycles. The molecule has 0 saturated heterocycles. The fourth-order valence-corrected chi connectivity index (χ4v) is 2.24. The van der Waals surface area contributed by atoms with Crippen LogP contribution in [0.3, 0.4) is 0 Å². The molecule has 0 spiro atoms. The first kappa shape index (κ1) is 14.6. The Balaban J connectivity index is 2.00. The van der Waals surface area contributed by atoms with E-state index in [1.807, 2.05) is 30.3 Å². The van der Waals surface area contributed by atoms with Gasteiger partial charge in [-0.05, 0) is 24.8 Å². The zero-order chi connectivity index (χ0) is 14.4. The predicted molar refractivity (Wildman–Crippen MR) is 72.8 cm³/mol. The highest BCUT2D eigenvalue weighted by Gasteiger charge is 2.26. The number of rotatable bonds is 5. The van der Waals surface area contributed by atoms with Crippen molar-refractivity contribution in [2.75, 3.05) is 0 Å². The molecule has 0 fully saturated rings. The summed E-state index contributed by atoms with van der Waals surface area (Å²) >= 11 is 0. The molecule has 0 aromatic heterocycles. The van der Waals surface area contributed by atoms with Gasteiger partial charge >= 0.3 is 7.47 Å². The molecule has 1 aromatic rings. The van der Waals surface area contributed by atoms with Crippen LogP contribution in [0.15, 0.2) is 41.7 Å². The molecule has 0 radical (unpaired) electrons. The third-order valence-corrected chi connectivity index (χ3v) is 3.22. The van der Waals surface area contributed by atoms with Gasteiger partial charge in [-0.1, -0.05) is 30.3 Å². The van der Waals surface area contributed by atoms with Crippen LogP contribution >= 0.6 is 0 Å². The van der Waals surface area contributed by atoms with Crippen molar-refractivity contribution in [2.45, 2.75) is 32.2 Å². The number of hydrogen-bond donors (Lipinski definition) is 1. The minimum atomic E-state index is -2.87. The molecular formula is C14H16BF2NO2. The number of nitrogens with one attached hydrogen (secondary N) is 1. The molecule has 1 aromatic carbocycles. The number of carbonyl (C=O) groups is 1. The molecule has 0 aliphatic heterocycles. The van der Waals surface area contributed by atoms with Crippen LogP contribution in [-0.4, -0.2) is 13.4 Å². The summed E-state index contributed by atoms with van der Waals surface area (Å²) in [4.78, 5) is 12.1. The lowest BCUT2D eigenvalue weighted by Crippen LogP contribution is -2.27. The number of carbonyl (C=O) groups excluding carboxylic acids is 1. The minimum absolute atomic E-state index is 0.136. The number of halogens is 2. The molecule has 0 atom stereocenters. The van der Waals surface area contributed by atoms with E-state index in [-0.39, 0.29) is 11.7 Å². The first-order valence-corrected chi connectivity index (χ1v) is 6.66. The molecule has 1 amide bonds. The maximum atomic E-state index is 12.3. The number of allylic oxidation sites excluding steroid dienone is 1. The van der Waals surface area contributed by atoms with Crippen molar-refractivity contribution >= 4 is 13.4 Å². The van der Waals surface area contributed by atoms with Crippen molar-refractivity contribution in [3.05, 3.63) is 47.2 Å². The van der Waals surface area contributed by atoms with Gasteiger partial charge in [0.15, 0.2) is 0 Å². The Bertz CT molecular complexity index is 491. The zero-order valence-electron chi connectivity index (χ0n) is 11.1. The monoisotopic (exact) mass is 279 g/mol.